The van der Waals surface area contributed by atoms with Crippen LogP contribution in [0, 0.1) is 0 Å². The maximum atomic E-state index is 11.4. The van der Waals surface area contributed by atoms with Crippen LogP contribution in [-0.4, -0.2) is 103 Å². The average Bonchev–Trinajstić information content (AvgIpc) is 2.88. The molecule has 36 heavy (non-hydrogen) atoms. The van der Waals surface area contributed by atoms with Crippen molar-refractivity contribution in [3.05, 3.63) is 29.8 Å². The lowest BCUT2D eigenvalue weighted by atomic mass is 10.2. The summed E-state index contributed by atoms with van der Waals surface area (Å²) in [5.74, 6) is -0.521. The fourth-order valence-electron chi connectivity index (χ4n) is 2.67. The number of unbranched alkanes of at least 4 members (excludes halogenated alkanes) is 1. The minimum absolute atomic E-state index is 0.0605. The maximum Gasteiger partial charge on any atom is 0.305 e. The molecule has 0 fully saturated rings. The summed E-state index contributed by atoms with van der Waals surface area (Å²) in [5.41, 5.74) is 0.608. The van der Waals surface area contributed by atoms with Gasteiger partial charge in [0.25, 0.3) is 0 Å². The third-order valence-corrected chi connectivity index (χ3v) is 4.51. The first-order chi connectivity index (χ1) is 17.6. The van der Waals surface area contributed by atoms with E-state index < -0.39 is 5.97 Å². The Morgan fingerprint density at radius 3 is 1.56 bits per heavy atom. The molecule has 0 spiro atoms. The lowest BCUT2D eigenvalue weighted by Crippen LogP contribution is -2.15. The monoisotopic (exact) mass is 514 g/mol. The number of carbonyl (C=O) groups excluding carboxylic acids is 2. The fourth-order valence-corrected chi connectivity index (χ4v) is 2.67. The van der Waals surface area contributed by atoms with Crippen LogP contribution in [0.15, 0.2) is 24.3 Å². The molecule has 204 valence electrons. The number of carboxylic acid groups (broad SMARTS) is 1. The van der Waals surface area contributed by atoms with Gasteiger partial charge in [-0.1, -0.05) is 0 Å². The SMILES string of the molecule is O=Cc1ccc(OCCOCCOCCOCCOCCOCCOC(=O)CCCCC(=O)O)cc1. The van der Waals surface area contributed by atoms with Gasteiger partial charge in [-0.15, -0.1) is 0 Å². The molecule has 0 saturated carbocycles. The zero-order chi connectivity index (χ0) is 26.1. The van der Waals surface area contributed by atoms with Gasteiger partial charge in [0.2, 0.25) is 0 Å². The van der Waals surface area contributed by atoms with Crippen molar-refractivity contribution < 1.29 is 52.6 Å². The molecule has 1 aromatic carbocycles. The molecule has 11 heteroatoms. The normalized spacial score (nSPS) is 10.8. The first kappa shape index (κ1) is 31.5. The molecule has 0 atom stereocenters. The minimum atomic E-state index is -0.864. The molecule has 0 aliphatic carbocycles. The molecule has 1 rings (SSSR count). The maximum absolute atomic E-state index is 11.4. The molecular formula is C25H38O11. The Kier molecular flexibility index (Phi) is 20.0. The number of hydrogen-bond acceptors (Lipinski definition) is 10. The van der Waals surface area contributed by atoms with Crippen LogP contribution in [0.25, 0.3) is 0 Å². The average molecular weight is 515 g/mol. The number of benzene rings is 1. The van der Waals surface area contributed by atoms with Crippen LogP contribution in [0.5, 0.6) is 5.75 Å². The second kappa shape index (κ2) is 22.9. The van der Waals surface area contributed by atoms with E-state index in [9.17, 15) is 14.4 Å². The van der Waals surface area contributed by atoms with Gasteiger partial charge in [0.1, 0.15) is 25.2 Å². The topological polar surface area (TPSA) is 136 Å². The number of hydrogen-bond donors (Lipinski definition) is 1. The first-order valence-electron chi connectivity index (χ1n) is 12.1. The molecule has 0 aliphatic heterocycles. The molecule has 0 radical (unpaired) electrons. The quantitative estimate of drug-likeness (QED) is 0.117. The van der Waals surface area contributed by atoms with Crippen LogP contribution >= 0.6 is 0 Å². The summed E-state index contributed by atoms with van der Waals surface area (Å²) >= 11 is 0. The van der Waals surface area contributed by atoms with Gasteiger partial charge in [-0.2, -0.15) is 0 Å². The molecule has 1 aromatic rings. The molecule has 11 nitrogen and oxygen atoms in total. The number of carbonyl (C=O) groups is 3. The molecule has 0 saturated heterocycles. The standard InChI is InChI=1S/C25H38O11/c26-21-22-5-7-23(8-6-22)35-19-17-33-15-13-31-11-9-30-10-12-32-14-16-34-18-20-36-25(29)4-2-1-3-24(27)28/h5-8,21H,1-4,9-20H2,(H,27,28). The summed E-state index contributed by atoms with van der Waals surface area (Å²) in [5, 5.41) is 8.52. The van der Waals surface area contributed by atoms with E-state index in [1.807, 2.05) is 0 Å². The number of esters is 1. The zero-order valence-corrected chi connectivity index (χ0v) is 20.7. The van der Waals surface area contributed by atoms with Gasteiger partial charge in [-0.25, -0.2) is 0 Å². The Labute approximate surface area is 211 Å². The number of carboxylic acids is 1. The van der Waals surface area contributed by atoms with Crippen molar-refractivity contribution in [1.29, 1.82) is 0 Å². The molecule has 0 heterocycles. The van der Waals surface area contributed by atoms with E-state index in [2.05, 4.69) is 0 Å². The number of aliphatic carboxylic acids is 1. The summed E-state index contributed by atoms with van der Waals surface area (Å²) in [4.78, 5) is 32.4. The van der Waals surface area contributed by atoms with E-state index in [-0.39, 0.29) is 32.0 Å². The highest BCUT2D eigenvalue weighted by atomic mass is 16.6. The van der Waals surface area contributed by atoms with Crippen molar-refractivity contribution >= 4 is 18.2 Å². The Bertz CT molecular complexity index is 694. The Morgan fingerprint density at radius 2 is 1.08 bits per heavy atom. The predicted molar refractivity (Wildman–Crippen MR) is 128 cm³/mol. The lowest BCUT2D eigenvalue weighted by Gasteiger charge is -2.09. The summed E-state index contributed by atoms with van der Waals surface area (Å²) < 4.78 is 37.4. The fraction of sp³-hybridized carbons (Fsp3) is 0.640. The van der Waals surface area contributed by atoms with Crippen molar-refractivity contribution in [2.24, 2.45) is 0 Å². The smallest absolute Gasteiger partial charge is 0.305 e. The first-order valence-corrected chi connectivity index (χ1v) is 12.1. The van der Waals surface area contributed by atoms with Crippen LogP contribution in [0.4, 0.5) is 0 Å². The number of rotatable bonds is 25. The molecule has 0 amide bonds. The van der Waals surface area contributed by atoms with Crippen molar-refractivity contribution in [3.63, 3.8) is 0 Å². The zero-order valence-electron chi connectivity index (χ0n) is 20.7. The Balaban J connectivity index is 1.73. The lowest BCUT2D eigenvalue weighted by molar-refractivity contribution is -0.146. The Morgan fingerprint density at radius 1 is 0.639 bits per heavy atom. The van der Waals surface area contributed by atoms with Crippen LogP contribution in [0.2, 0.25) is 0 Å². The van der Waals surface area contributed by atoms with Gasteiger partial charge in [0, 0.05) is 18.4 Å². The van der Waals surface area contributed by atoms with E-state index in [1.165, 1.54) is 0 Å². The molecule has 0 bridgehead atoms. The van der Waals surface area contributed by atoms with Gasteiger partial charge < -0.3 is 38.3 Å². The van der Waals surface area contributed by atoms with Crippen molar-refractivity contribution in [2.45, 2.75) is 25.7 Å². The van der Waals surface area contributed by atoms with Gasteiger partial charge in [0.15, 0.2) is 0 Å². The van der Waals surface area contributed by atoms with Crippen LogP contribution in [0.3, 0.4) is 0 Å². The van der Waals surface area contributed by atoms with Crippen molar-refractivity contribution in [3.8, 4) is 5.75 Å². The van der Waals surface area contributed by atoms with E-state index in [0.717, 1.165) is 6.29 Å². The summed E-state index contributed by atoms with van der Waals surface area (Å²) in [6.45, 7) is 4.84. The molecule has 0 aromatic heterocycles. The second-order valence-corrected chi connectivity index (χ2v) is 7.42. The molecule has 0 unspecified atom stereocenters. The van der Waals surface area contributed by atoms with E-state index in [1.54, 1.807) is 24.3 Å². The molecule has 1 N–H and O–H groups in total. The third-order valence-electron chi connectivity index (χ3n) is 4.51. The largest absolute Gasteiger partial charge is 0.491 e. The van der Waals surface area contributed by atoms with E-state index >= 15 is 0 Å². The van der Waals surface area contributed by atoms with Gasteiger partial charge in [-0.05, 0) is 37.1 Å². The van der Waals surface area contributed by atoms with Gasteiger partial charge >= 0.3 is 11.9 Å². The van der Waals surface area contributed by atoms with Crippen molar-refractivity contribution in [2.75, 3.05) is 79.3 Å². The van der Waals surface area contributed by atoms with Crippen LogP contribution in [0.1, 0.15) is 36.0 Å². The third kappa shape index (κ3) is 19.7. The van der Waals surface area contributed by atoms with Crippen molar-refractivity contribution in [1.82, 2.24) is 0 Å². The van der Waals surface area contributed by atoms with Crippen LogP contribution < -0.4 is 4.74 Å². The van der Waals surface area contributed by atoms with E-state index in [4.69, 9.17) is 38.3 Å². The highest BCUT2D eigenvalue weighted by molar-refractivity contribution is 5.74. The number of ether oxygens (including phenoxy) is 7. The second-order valence-electron chi connectivity index (χ2n) is 7.42. The molecule has 0 aliphatic rings. The summed E-state index contributed by atoms with van der Waals surface area (Å²) in [6.07, 6.45) is 2.02. The van der Waals surface area contributed by atoms with Gasteiger partial charge in [0.05, 0.1) is 66.1 Å². The molecular weight excluding hydrogens is 476 g/mol. The predicted octanol–water partition coefficient (Wildman–Crippen LogP) is 2.15. The van der Waals surface area contributed by atoms with Gasteiger partial charge in [-0.3, -0.25) is 14.4 Å². The summed E-state index contributed by atoms with van der Waals surface area (Å²) in [7, 11) is 0. The highest BCUT2D eigenvalue weighted by Gasteiger charge is 2.04. The summed E-state index contributed by atoms with van der Waals surface area (Å²) in [6, 6.07) is 6.88. The number of aldehydes is 1. The Hall–Kier alpha value is -2.57. The van der Waals surface area contributed by atoms with Crippen LogP contribution in [-0.2, 0) is 38.0 Å². The van der Waals surface area contributed by atoms with E-state index in [0.29, 0.717) is 90.2 Å². The highest BCUT2D eigenvalue weighted by Crippen LogP contribution is 2.10. The minimum Gasteiger partial charge on any atom is -0.491 e.